The van der Waals surface area contributed by atoms with Gasteiger partial charge in [0, 0.05) is 19.4 Å². The number of nitrogens with one attached hydrogen (secondary N) is 1. The van der Waals surface area contributed by atoms with Gasteiger partial charge in [-0.05, 0) is 54.4 Å². The first-order chi connectivity index (χ1) is 14.7. The van der Waals surface area contributed by atoms with E-state index in [4.69, 9.17) is 4.74 Å². The summed E-state index contributed by atoms with van der Waals surface area (Å²) in [6, 6.07) is 13.4. The minimum absolute atomic E-state index is 0.212. The van der Waals surface area contributed by atoms with Gasteiger partial charge in [0.25, 0.3) is 0 Å². The number of hydrogen-bond acceptors (Lipinski definition) is 5. The highest BCUT2D eigenvalue weighted by Gasteiger charge is 2.14. The lowest BCUT2D eigenvalue weighted by Gasteiger charge is -2.07. The number of nitrogens with zero attached hydrogens (tertiary/aromatic N) is 5. The SMILES string of the molecule is CCCc1ccnc2c1[nH]c(=O)n2-c1ccc(Oc2nc3cccnc3n2C)cc1. The number of hydrogen-bond donors (Lipinski definition) is 1. The second-order valence-electron chi connectivity index (χ2n) is 7.08. The second-order valence-corrected chi connectivity index (χ2v) is 7.08. The molecule has 0 aliphatic heterocycles. The maximum absolute atomic E-state index is 12.6. The van der Waals surface area contributed by atoms with E-state index in [9.17, 15) is 4.79 Å². The number of aromatic nitrogens is 6. The number of aromatic amines is 1. The van der Waals surface area contributed by atoms with Crippen molar-refractivity contribution in [2.24, 2.45) is 7.05 Å². The highest BCUT2D eigenvalue weighted by molar-refractivity contribution is 5.76. The lowest BCUT2D eigenvalue weighted by Crippen LogP contribution is -2.14. The average Bonchev–Trinajstić information content (AvgIpc) is 3.26. The molecular formula is C22H20N6O2. The molecule has 1 N–H and O–H groups in total. The van der Waals surface area contributed by atoms with Crippen LogP contribution in [0.15, 0.2) is 59.7 Å². The molecule has 0 spiro atoms. The number of rotatable bonds is 5. The first kappa shape index (κ1) is 18.1. The molecule has 0 unspecified atom stereocenters. The van der Waals surface area contributed by atoms with Crippen LogP contribution in [-0.4, -0.2) is 29.1 Å². The molecule has 0 saturated carbocycles. The van der Waals surface area contributed by atoms with Crippen LogP contribution in [0.3, 0.4) is 0 Å². The Kier molecular flexibility index (Phi) is 4.31. The van der Waals surface area contributed by atoms with Crippen molar-refractivity contribution in [1.82, 2.24) is 29.1 Å². The Hall–Kier alpha value is -3.94. The Bertz CT molecular complexity index is 1410. The fourth-order valence-electron chi connectivity index (χ4n) is 3.63. The van der Waals surface area contributed by atoms with Crippen molar-refractivity contribution in [3.63, 3.8) is 0 Å². The molecule has 4 heterocycles. The number of H-pyrrole nitrogens is 1. The third kappa shape index (κ3) is 2.93. The predicted octanol–water partition coefficient (Wildman–Crippen LogP) is 3.74. The minimum Gasteiger partial charge on any atom is -0.425 e. The van der Waals surface area contributed by atoms with Crippen LogP contribution in [0.25, 0.3) is 28.0 Å². The van der Waals surface area contributed by atoms with Crippen LogP contribution >= 0.6 is 0 Å². The summed E-state index contributed by atoms with van der Waals surface area (Å²) in [6.45, 7) is 2.11. The molecule has 30 heavy (non-hydrogen) atoms. The summed E-state index contributed by atoms with van der Waals surface area (Å²) >= 11 is 0. The zero-order valence-electron chi connectivity index (χ0n) is 16.7. The molecule has 0 atom stereocenters. The summed E-state index contributed by atoms with van der Waals surface area (Å²) in [4.78, 5) is 28.8. The van der Waals surface area contributed by atoms with Crippen molar-refractivity contribution < 1.29 is 4.74 Å². The molecule has 5 aromatic rings. The second kappa shape index (κ2) is 7.14. The monoisotopic (exact) mass is 400 g/mol. The smallest absolute Gasteiger partial charge is 0.332 e. The Labute approximate surface area is 171 Å². The van der Waals surface area contributed by atoms with Gasteiger partial charge in [-0.1, -0.05) is 13.3 Å². The number of benzene rings is 1. The summed E-state index contributed by atoms with van der Waals surface area (Å²) in [5, 5.41) is 0. The van der Waals surface area contributed by atoms with Crippen LogP contribution in [0, 0.1) is 0 Å². The van der Waals surface area contributed by atoms with Crippen molar-refractivity contribution in [2.75, 3.05) is 0 Å². The third-order valence-electron chi connectivity index (χ3n) is 5.07. The van der Waals surface area contributed by atoms with E-state index in [1.165, 1.54) is 0 Å². The Morgan fingerprint density at radius 3 is 2.60 bits per heavy atom. The van der Waals surface area contributed by atoms with Crippen LogP contribution in [-0.2, 0) is 13.5 Å². The number of fused-ring (bicyclic) bond motifs is 2. The fourth-order valence-corrected chi connectivity index (χ4v) is 3.63. The molecule has 0 amide bonds. The van der Waals surface area contributed by atoms with Gasteiger partial charge in [-0.3, -0.25) is 4.57 Å². The van der Waals surface area contributed by atoms with Gasteiger partial charge in [0.2, 0.25) is 0 Å². The topological polar surface area (TPSA) is 90.6 Å². The maximum Gasteiger partial charge on any atom is 0.332 e. The molecule has 150 valence electrons. The maximum atomic E-state index is 12.6. The molecule has 0 aliphatic carbocycles. The van der Waals surface area contributed by atoms with Gasteiger partial charge in [-0.15, -0.1) is 0 Å². The van der Waals surface area contributed by atoms with Crippen molar-refractivity contribution in [1.29, 1.82) is 0 Å². The zero-order chi connectivity index (χ0) is 20.7. The fraction of sp³-hybridized carbons (Fsp3) is 0.182. The minimum atomic E-state index is -0.212. The summed E-state index contributed by atoms with van der Waals surface area (Å²) in [6.07, 6.45) is 5.35. The van der Waals surface area contributed by atoms with Crippen molar-refractivity contribution in [3.05, 3.63) is 70.9 Å². The lowest BCUT2D eigenvalue weighted by molar-refractivity contribution is 0.427. The van der Waals surface area contributed by atoms with Gasteiger partial charge in [0.1, 0.15) is 11.3 Å². The van der Waals surface area contributed by atoms with Crippen LogP contribution in [0.2, 0.25) is 0 Å². The van der Waals surface area contributed by atoms with Crippen molar-refractivity contribution in [3.8, 4) is 17.4 Å². The molecule has 0 aliphatic rings. The number of aryl methyl sites for hydroxylation is 2. The summed E-state index contributed by atoms with van der Waals surface area (Å²) in [7, 11) is 1.86. The van der Waals surface area contributed by atoms with Crippen LogP contribution in [0.1, 0.15) is 18.9 Å². The third-order valence-corrected chi connectivity index (χ3v) is 5.07. The van der Waals surface area contributed by atoms with Gasteiger partial charge in [-0.25, -0.2) is 19.3 Å². The summed E-state index contributed by atoms with van der Waals surface area (Å²) in [5.41, 5.74) is 4.53. The van der Waals surface area contributed by atoms with E-state index in [0.29, 0.717) is 23.1 Å². The summed E-state index contributed by atoms with van der Waals surface area (Å²) in [5.74, 6) is 0.615. The molecule has 0 bridgehead atoms. The summed E-state index contributed by atoms with van der Waals surface area (Å²) < 4.78 is 9.32. The van der Waals surface area contributed by atoms with Gasteiger partial charge >= 0.3 is 11.7 Å². The van der Waals surface area contributed by atoms with Gasteiger partial charge < -0.3 is 9.72 Å². The van der Waals surface area contributed by atoms with E-state index in [-0.39, 0.29) is 5.69 Å². The van der Waals surface area contributed by atoms with E-state index in [1.54, 1.807) is 21.5 Å². The molecule has 8 heteroatoms. The molecule has 0 radical (unpaired) electrons. The van der Waals surface area contributed by atoms with Crippen LogP contribution in [0.5, 0.6) is 11.8 Å². The standard InChI is InChI=1S/C22H20N6O2/c1-3-5-14-11-13-24-20-18(14)26-21(29)28(20)15-7-9-16(10-8-15)30-22-25-17-6-4-12-23-19(17)27(22)2/h4,6-13H,3,5H2,1-2H3,(H,26,29). The molecular weight excluding hydrogens is 380 g/mol. The molecule has 0 fully saturated rings. The zero-order valence-corrected chi connectivity index (χ0v) is 16.7. The quantitative estimate of drug-likeness (QED) is 0.485. The Morgan fingerprint density at radius 2 is 1.83 bits per heavy atom. The van der Waals surface area contributed by atoms with Crippen molar-refractivity contribution in [2.45, 2.75) is 19.8 Å². The van der Waals surface area contributed by atoms with Crippen LogP contribution in [0.4, 0.5) is 0 Å². The normalized spacial score (nSPS) is 11.4. The first-order valence-corrected chi connectivity index (χ1v) is 9.80. The predicted molar refractivity (Wildman–Crippen MR) is 114 cm³/mol. The van der Waals surface area contributed by atoms with E-state index >= 15 is 0 Å². The van der Waals surface area contributed by atoms with Gasteiger partial charge in [-0.2, -0.15) is 4.98 Å². The highest BCUT2D eigenvalue weighted by atomic mass is 16.5. The Morgan fingerprint density at radius 1 is 1.03 bits per heavy atom. The number of ether oxygens (including phenoxy) is 1. The molecule has 8 nitrogen and oxygen atoms in total. The van der Waals surface area contributed by atoms with Gasteiger partial charge in [0.15, 0.2) is 11.3 Å². The molecule has 4 aromatic heterocycles. The molecule has 1 aromatic carbocycles. The lowest BCUT2D eigenvalue weighted by atomic mass is 10.1. The van der Waals surface area contributed by atoms with E-state index in [1.807, 2.05) is 49.5 Å². The highest BCUT2D eigenvalue weighted by Crippen LogP contribution is 2.25. The van der Waals surface area contributed by atoms with E-state index < -0.39 is 0 Å². The van der Waals surface area contributed by atoms with Crippen molar-refractivity contribution >= 4 is 22.3 Å². The molecule has 0 saturated heterocycles. The number of pyridine rings is 2. The first-order valence-electron chi connectivity index (χ1n) is 9.80. The van der Waals surface area contributed by atoms with E-state index in [2.05, 4.69) is 26.9 Å². The molecule has 5 rings (SSSR count). The van der Waals surface area contributed by atoms with Gasteiger partial charge in [0.05, 0.1) is 11.2 Å². The van der Waals surface area contributed by atoms with E-state index in [0.717, 1.165) is 35.1 Å². The largest absolute Gasteiger partial charge is 0.425 e. The number of imidazole rings is 2. The van der Waals surface area contributed by atoms with Crippen LogP contribution < -0.4 is 10.4 Å². The average molecular weight is 400 g/mol. The Balaban J connectivity index is 1.49.